The van der Waals surface area contributed by atoms with Crippen LogP contribution in [-0.4, -0.2) is 75.5 Å². The summed E-state index contributed by atoms with van der Waals surface area (Å²) in [5.41, 5.74) is 0. The zero-order valence-electron chi connectivity index (χ0n) is 35.6. The van der Waals surface area contributed by atoms with Crippen molar-refractivity contribution in [3.05, 3.63) is 36.5 Å². The fourth-order valence-electron chi connectivity index (χ4n) is 6.38. The van der Waals surface area contributed by atoms with Gasteiger partial charge in [-0.05, 0) is 44.9 Å². The predicted octanol–water partition coefficient (Wildman–Crippen LogP) is 10.5. The molecular weight excluding hydrogens is 679 g/mol. The summed E-state index contributed by atoms with van der Waals surface area (Å²) in [6, 6.07) is -0.723. The van der Waals surface area contributed by atoms with Gasteiger partial charge in [-0.15, -0.1) is 0 Å². The van der Waals surface area contributed by atoms with Crippen molar-refractivity contribution >= 4 is 17.9 Å². The minimum Gasteiger partial charge on any atom is -0.544 e. The average molecular weight is 762 g/mol. The summed E-state index contributed by atoms with van der Waals surface area (Å²) in [6.45, 7) is 4.53. The van der Waals surface area contributed by atoms with Crippen LogP contribution >= 0.6 is 0 Å². The van der Waals surface area contributed by atoms with Gasteiger partial charge in [-0.3, -0.25) is 9.59 Å². The largest absolute Gasteiger partial charge is 0.544 e. The fraction of sp³-hybridized carbons (Fsp3) is 0.804. The Morgan fingerprint density at radius 1 is 0.574 bits per heavy atom. The molecule has 0 spiro atoms. The van der Waals surface area contributed by atoms with Crippen LogP contribution in [0.5, 0.6) is 0 Å². The van der Waals surface area contributed by atoms with E-state index in [0.29, 0.717) is 12.8 Å². The van der Waals surface area contributed by atoms with Crippen LogP contribution in [0.2, 0.25) is 0 Å². The number of carbonyl (C=O) groups excluding carboxylic acids is 3. The molecule has 0 amide bonds. The lowest BCUT2D eigenvalue weighted by Gasteiger charge is -2.34. The minimum atomic E-state index is -1.13. The molecule has 0 radical (unpaired) electrons. The van der Waals surface area contributed by atoms with E-state index in [-0.39, 0.29) is 42.7 Å². The first kappa shape index (κ1) is 51.5. The van der Waals surface area contributed by atoms with Crippen LogP contribution in [0.3, 0.4) is 0 Å². The topological polar surface area (TPSA) is 102 Å². The molecule has 0 aliphatic carbocycles. The van der Waals surface area contributed by atoms with Gasteiger partial charge in [-0.25, -0.2) is 0 Å². The van der Waals surface area contributed by atoms with Crippen LogP contribution in [-0.2, 0) is 28.6 Å². The maximum Gasteiger partial charge on any atom is 0.306 e. The van der Waals surface area contributed by atoms with Crippen molar-refractivity contribution in [2.75, 3.05) is 41.0 Å². The summed E-state index contributed by atoms with van der Waals surface area (Å²) in [5.74, 6) is -1.74. The molecule has 0 aromatic carbocycles. The normalized spacial score (nSPS) is 13.3. The maximum atomic E-state index is 12.7. The summed E-state index contributed by atoms with van der Waals surface area (Å²) in [7, 11) is 5.40. The van der Waals surface area contributed by atoms with Gasteiger partial charge in [-0.2, -0.15) is 0 Å². The van der Waals surface area contributed by atoms with E-state index in [9.17, 15) is 19.5 Å². The van der Waals surface area contributed by atoms with E-state index in [1.165, 1.54) is 96.3 Å². The van der Waals surface area contributed by atoms with Crippen molar-refractivity contribution < 1.29 is 38.2 Å². The molecule has 8 nitrogen and oxygen atoms in total. The SMILES string of the molecule is CC/C=C/C/C=C/C/C=C/CCCCCCCCCCCCCC(=O)OC(COCCC(C(=O)[O-])[N+](C)(C)C)COC(=O)CCCCCCCCCCC. The highest BCUT2D eigenvalue weighted by Gasteiger charge is 2.25. The molecule has 0 saturated heterocycles. The van der Waals surface area contributed by atoms with E-state index in [1.54, 1.807) is 21.1 Å². The molecule has 0 bridgehead atoms. The van der Waals surface area contributed by atoms with Gasteiger partial charge in [0.2, 0.25) is 0 Å². The molecule has 54 heavy (non-hydrogen) atoms. The lowest BCUT2D eigenvalue weighted by atomic mass is 10.0. The number of allylic oxidation sites excluding steroid dienone is 6. The van der Waals surface area contributed by atoms with E-state index >= 15 is 0 Å². The van der Waals surface area contributed by atoms with Crippen LogP contribution in [0.25, 0.3) is 0 Å². The number of quaternary nitrogens is 1. The van der Waals surface area contributed by atoms with Gasteiger partial charge < -0.3 is 28.6 Å². The van der Waals surface area contributed by atoms with Crippen molar-refractivity contribution in [3.63, 3.8) is 0 Å². The Labute approximate surface area is 332 Å². The standard InChI is InChI=1S/C46H83NO7/c1-6-8-10-12-14-16-17-18-19-20-21-22-23-24-25-26-27-29-31-33-35-37-45(49)54-42(40-52-39-38-43(46(50)51)47(3,4)5)41-53-44(48)36-34-32-30-28-15-13-11-9-7-2/h8,10,14,16,18-19,42-43H,6-7,9,11-13,15,17,20-41H2,1-5H3/b10-8+,16-14+,19-18+. The number of carboxylic acid groups (broad SMARTS) is 1. The van der Waals surface area contributed by atoms with E-state index in [2.05, 4.69) is 50.3 Å². The highest BCUT2D eigenvalue weighted by atomic mass is 16.6. The van der Waals surface area contributed by atoms with Gasteiger partial charge in [-0.1, -0.05) is 159 Å². The molecule has 0 aromatic heterocycles. The monoisotopic (exact) mass is 762 g/mol. The molecule has 0 aliphatic heterocycles. The van der Waals surface area contributed by atoms with Crippen molar-refractivity contribution in [1.29, 1.82) is 0 Å². The van der Waals surface area contributed by atoms with Crippen molar-refractivity contribution in [2.45, 2.75) is 199 Å². The smallest absolute Gasteiger partial charge is 0.306 e. The first-order valence-electron chi connectivity index (χ1n) is 22.0. The first-order chi connectivity index (χ1) is 26.1. The molecule has 314 valence electrons. The lowest BCUT2D eigenvalue weighted by Crippen LogP contribution is -2.55. The van der Waals surface area contributed by atoms with Crippen LogP contribution in [0.15, 0.2) is 36.5 Å². The molecular formula is C46H83NO7. The fourth-order valence-corrected chi connectivity index (χ4v) is 6.38. The lowest BCUT2D eigenvalue weighted by molar-refractivity contribution is -0.889. The number of nitrogens with zero attached hydrogens (tertiary/aromatic N) is 1. The summed E-state index contributed by atoms with van der Waals surface area (Å²) in [5, 5.41) is 11.6. The molecule has 0 saturated carbocycles. The molecule has 0 heterocycles. The molecule has 2 unspecified atom stereocenters. The number of aliphatic carboxylic acids is 1. The number of hydrogen-bond acceptors (Lipinski definition) is 7. The Kier molecular flexibility index (Phi) is 35.8. The highest BCUT2D eigenvalue weighted by Crippen LogP contribution is 2.15. The van der Waals surface area contributed by atoms with E-state index in [4.69, 9.17) is 14.2 Å². The summed E-state index contributed by atoms with van der Waals surface area (Å²) < 4.78 is 17.1. The number of ether oxygens (including phenoxy) is 3. The minimum absolute atomic E-state index is 0.0421. The van der Waals surface area contributed by atoms with Gasteiger partial charge in [0.05, 0.1) is 40.3 Å². The summed E-state index contributed by atoms with van der Waals surface area (Å²) in [4.78, 5) is 36.7. The molecule has 0 aliphatic rings. The Balaban J connectivity index is 4.23. The Bertz CT molecular complexity index is 984. The number of unbranched alkanes of at least 4 members (excludes halogenated alkanes) is 19. The van der Waals surface area contributed by atoms with Crippen LogP contribution in [0, 0.1) is 0 Å². The van der Waals surface area contributed by atoms with Crippen molar-refractivity contribution in [3.8, 4) is 0 Å². The van der Waals surface area contributed by atoms with Crippen LogP contribution in [0.1, 0.15) is 187 Å². The maximum absolute atomic E-state index is 12.7. The van der Waals surface area contributed by atoms with Gasteiger partial charge >= 0.3 is 11.9 Å². The molecule has 2 atom stereocenters. The van der Waals surface area contributed by atoms with Gasteiger partial charge in [0.25, 0.3) is 0 Å². The number of carboxylic acids is 1. The average Bonchev–Trinajstić information content (AvgIpc) is 3.12. The Hall–Kier alpha value is -2.45. The number of esters is 2. The molecule has 8 heteroatoms. The molecule has 0 aromatic rings. The summed E-state index contributed by atoms with van der Waals surface area (Å²) >= 11 is 0. The Morgan fingerprint density at radius 3 is 1.54 bits per heavy atom. The third kappa shape index (κ3) is 35.3. The predicted molar refractivity (Wildman–Crippen MR) is 222 cm³/mol. The number of rotatable bonds is 39. The Morgan fingerprint density at radius 2 is 1.04 bits per heavy atom. The second kappa shape index (κ2) is 37.5. The molecule has 0 N–H and O–H groups in total. The van der Waals surface area contributed by atoms with E-state index < -0.39 is 18.1 Å². The molecule has 0 rings (SSSR count). The first-order valence-corrected chi connectivity index (χ1v) is 22.0. The third-order valence-electron chi connectivity index (χ3n) is 9.79. The van der Waals surface area contributed by atoms with Crippen LogP contribution in [0.4, 0.5) is 0 Å². The van der Waals surface area contributed by atoms with Crippen molar-refractivity contribution in [2.24, 2.45) is 0 Å². The van der Waals surface area contributed by atoms with E-state index in [1.807, 2.05) is 0 Å². The summed E-state index contributed by atoms with van der Waals surface area (Å²) in [6.07, 6.45) is 41.7. The number of likely N-dealkylation sites (N-methyl/N-ethyl adjacent to an activating group) is 1. The van der Waals surface area contributed by atoms with Crippen LogP contribution < -0.4 is 5.11 Å². The second-order valence-electron chi connectivity index (χ2n) is 15.9. The van der Waals surface area contributed by atoms with Crippen molar-refractivity contribution in [1.82, 2.24) is 0 Å². The molecule has 0 fully saturated rings. The third-order valence-corrected chi connectivity index (χ3v) is 9.79. The van der Waals surface area contributed by atoms with E-state index in [0.717, 1.165) is 57.8 Å². The zero-order valence-corrected chi connectivity index (χ0v) is 35.6. The zero-order chi connectivity index (χ0) is 40.0. The highest BCUT2D eigenvalue weighted by molar-refractivity contribution is 5.70. The van der Waals surface area contributed by atoms with Gasteiger partial charge in [0.15, 0.2) is 6.10 Å². The van der Waals surface area contributed by atoms with Gasteiger partial charge in [0, 0.05) is 19.3 Å². The second-order valence-corrected chi connectivity index (χ2v) is 15.9. The van der Waals surface area contributed by atoms with Gasteiger partial charge in [0.1, 0.15) is 12.6 Å². The number of hydrogen-bond donors (Lipinski definition) is 0. The number of carbonyl (C=O) groups is 3. The quantitative estimate of drug-likeness (QED) is 0.0266.